The van der Waals surface area contributed by atoms with Crippen molar-refractivity contribution in [1.29, 1.82) is 0 Å². The number of benzene rings is 1. The maximum absolute atomic E-state index is 12.1. The summed E-state index contributed by atoms with van der Waals surface area (Å²) in [6.45, 7) is 3.36. The van der Waals surface area contributed by atoms with Crippen LogP contribution in [0.25, 0.3) is 10.1 Å². The number of fused-ring (bicyclic) bond motifs is 1. The molecule has 0 spiro atoms. The number of hydrogen-bond acceptors (Lipinski definition) is 5. The second kappa shape index (κ2) is 6.05. The molecule has 1 aromatic heterocycles. The Labute approximate surface area is 121 Å². The van der Waals surface area contributed by atoms with E-state index in [-0.39, 0.29) is 5.97 Å². The van der Waals surface area contributed by atoms with Crippen LogP contribution in [0.2, 0.25) is 0 Å². The average molecular weight is 292 g/mol. The molecule has 0 amide bonds. The van der Waals surface area contributed by atoms with E-state index in [1.54, 1.807) is 19.9 Å². The van der Waals surface area contributed by atoms with Crippen LogP contribution in [0, 0.1) is 5.92 Å². The van der Waals surface area contributed by atoms with Gasteiger partial charge in [-0.2, -0.15) is 0 Å². The summed E-state index contributed by atoms with van der Waals surface area (Å²) in [7, 11) is 1.32. The summed E-state index contributed by atoms with van der Waals surface area (Å²) in [5.74, 6) is -1.28. The van der Waals surface area contributed by atoms with Gasteiger partial charge in [0.2, 0.25) is 0 Å². The molecule has 2 atom stereocenters. The van der Waals surface area contributed by atoms with Crippen LogP contribution in [0.1, 0.15) is 23.5 Å². The van der Waals surface area contributed by atoms with Crippen LogP contribution in [-0.2, 0) is 14.3 Å². The first-order valence-electron chi connectivity index (χ1n) is 6.30. The fraction of sp³-hybridized carbons (Fsp3) is 0.333. The SMILES string of the molecule is COC(=O)C(C)C(C)OC(=O)c1cc2ccccc2s1. The van der Waals surface area contributed by atoms with Crippen LogP contribution in [0.4, 0.5) is 0 Å². The first-order chi connectivity index (χ1) is 9.52. The van der Waals surface area contributed by atoms with E-state index in [0.29, 0.717) is 4.88 Å². The molecule has 2 aromatic rings. The first kappa shape index (κ1) is 14.5. The summed E-state index contributed by atoms with van der Waals surface area (Å²) >= 11 is 1.38. The summed E-state index contributed by atoms with van der Waals surface area (Å²) in [6.07, 6.45) is -0.528. The number of carbonyl (C=O) groups is 2. The molecular formula is C15H16O4S. The van der Waals surface area contributed by atoms with Gasteiger partial charge in [-0.1, -0.05) is 18.2 Å². The smallest absolute Gasteiger partial charge is 0.348 e. The average Bonchev–Trinajstić information content (AvgIpc) is 2.89. The number of methoxy groups -OCH3 is 1. The summed E-state index contributed by atoms with van der Waals surface area (Å²) in [4.78, 5) is 24.0. The van der Waals surface area contributed by atoms with Gasteiger partial charge in [-0.05, 0) is 31.4 Å². The lowest BCUT2D eigenvalue weighted by atomic mass is 10.1. The van der Waals surface area contributed by atoms with E-state index in [1.807, 2.05) is 24.3 Å². The number of hydrogen-bond donors (Lipinski definition) is 0. The minimum atomic E-state index is -0.528. The highest BCUT2D eigenvalue weighted by Crippen LogP contribution is 2.26. The standard InChI is InChI=1S/C15H16O4S/c1-9(14(16)18-3)10(2)19-15(17)13-8-11-6-4-5-7-12(11)20-13/h4-10H,1-3H3. The number of rotatable bonds is 4. The maximum Gasteiger partial charge on any atom is 0.348 e. The molecule has 106 valence electrons. The molecule has 4 nitrogen and oxygen atoms in total. The van der Waals surface area contributed by atoms with Crippen LogP contribution in [0.3, 0.4) is 0 Å². The summed E-state index contributed by atoms with van der Waals surface area (Å²) in [6, 6.07) is 9.56. The Morgan fingerprint density at radius 3 is 2.55 bits per heavy atom. The maximum atomic E-state index is 12.1. The highest BCUT2D eigenvalue weighted by Gasteiger charge is 2.25. The van der Waals surface area contributed by atoms with E-state index in [9.17, 15) is 9.59 Å². The van der Waals surface area contributed by atoms with E-state index >= 15 is 0 Å². The van der Waals surface area contributed by atoms with Gasteiger partial charge in [0.25, 0.3) is 0 Å². The van der Waals surface area contributed by atoms with Gasteiger partial charge in [0.15, 0.2) is 0 Å². The third-order valence-corrected chi connectivity index (χ3v) is 4.29. The molecule has 0 radical (unpaired) electrons. The lowest BCUT2D eigenvalue weighted by Gasteiger charge is -2.17. The van der Waals surface area contributed by atoms with Crippen molar-refractivity contribution in [1.82, 2.24) is 0 Å². The zero-order valence-electron chi connectivity index (χ0n) is 11.6. The zero-order valence-corrected chi connectivity index (χ0v) is 12.4. The topological polar surface area (TPSA) is 52.6 Å². The van der Waals surface area contributed by atoms with Gasteiger partial charge in [-0.15, -0.1) is 11.3 Å². The van der Waals surface area contributed by atoms with Crippen LogP contribution in [-0.4, -0.2) is 25.2 Å². The molecule has 1 aromatic carbocycles. The van der Waals surface area contributed by atoms with Crippen LogP contribution in [0.5, 0.6) is 0 Å². The molecule has 2 rings (SSSR count). The highest BCUT2D eigenvalue weighted by molar-refractivity contribution is 7.20. The molecule has 0 saturated carbocycles. The predicted octanol–water partition coefficient (Wildman–Crippen LogP) is 3.26. The summed E-state index contributed by atoms with van der Waals surface area (Å²) in [5.41, 5.74) is 0. The van der Waals surface area contributed by atoms with Crippen molar-refractivity contribution in [3.05, 3.63) is 35.2 Å². The summed E-state index contributed by atoms with van der Waals surface area (Å²) in [5, 5.41) is 1.01. The van der Waals surface area contributed by atoms with Crippen molar-refractivity contribution in [2.75, 3.05) is 7.11 Å². The number of carbonyl (C=O) groups excluding carboxylic acids is 2. The lowest BCUT2D eigenvalue weighted by molar-refractivity contribution is -0.148. The number of esters is 2. The monoisotopic (exact) mass is 292 g/mol. The molecule has 0 bridgehead atoms. The third kappa shape index (κ3) is 2.99. The molecule has 20 heavy (non-hydrogen) atoms. The molecule has 0 saturated heterocycles. The highest BCUT2D eigenvalue weighted by atomic mass is 32.1. The largest absolute Gasteiger partial charge is 0.469 e. The molecule has 0 fully saturated rings. The first-order valence-corrected chi connectivity index (χ1v) is 7.12. The Balaban J connectivity index is 2.09. The van der Waals surface area contributed by atoms with Crippen molar-refractivity contribution in [3.63, 3.8) is 0 Å². The second-order valence-corrected chi connectivity index (χ2v) is 5.65. The Morgan fingerprint density at radius 1 is 1.20 bits per heavy atom. The van der Waals surface area contributed by atoms with E-state index in [0.717, 1.165) is 10.1 Å². The van der Waals surface area contributed by atoms with Gasteiger partial charge < -0.3 is 9.47 Å². The molecule has 0 aliphatic carbocycles. The Hall–Kier alpha value is -1.88. The molecule has 0 aliphatic rings. The van der Waals surface area contributed by atoms with Crippen molar-refractivity contribution >= 4 is 33.4 Å². The molecule has 0 N–H and O–H groups in total. The van der Waals surface area contributed by atoms with Crippen molar-refractivity contribution < 1.29 is 19.1 Å². The Bertz CT molecular complexity index is 599. The van der Waals surface area contributed by atoms with E-state index in [4.69, 9.17) is 4.74 Å². The molecule has 1 heterocycles. The van der Waals surface area contributed by atoms with Crippen LogP contribution >= 0.6 is 11.3 Å². The van der Waals surface area contributed by atoms with Gasteiger partial charge in [-0.3, -0.25) is 4.79 Å². The number of thiophene rings is 1. The van der Waals surface area contributed by atoms with Gasteiger partial charge in [0.05, 0.1) is 13.0 Å². The Kier molecular flexibility index (Phi) is 4.39. The van der Waals surface area contributed by atoms with E-state index in [1.165, 1.54) is 18.4 Å². The van der Waals surface area contributed by atoms with Crippen LogP contribution in [0.15, 0.2) is 30.3 Å². The van der Waals surface area contributed by atoms with Crippen molar-refractivity contribution in [2.24, 2.45) is 5.92 Å². The molecule has 2 unspecified atom stereocenters. The van der Waals surface area contributed by atoms with Crippen molar-refractivity contribution in [2.45, 2.75) is 20.0 Å². The normalized spacial score (nSPS) is 13.8. The fourth-order valence-electron chi connectivity index (χ4n) is 1.79. The van der Waals surface area contributed by atoms with Gasteiger partial charge >= 0.3 is 11.9 Å². The quantitative estimate of drug-likeness (QED) is 0.812. The van der Waals surface area contributed by atoms with Crippen LogP contribution < -0.4 is 0 Å². The third-order valence-electron chi connectivity index (χ3n) is 3.20. The molecular weight excluding hydrogens is 276 g/mol. The van der Waals surface area contributed by atoms with E-state index in [2.05, 4.69) is 4.74 Å². The minimum Gasteiger partial charge on any atom is -0.469 e. The van der Waals surface area contributed by atoms with Crippen molar-refractivity contribution in [3.8, 4) is 0 Å². The second-order valence-electron chi connectivity index (χ2n) is 4.57. The van der Waals surface area contributed by atoms with E-state index < -0.39 is 18.0 Å². The Morgan fingerprint density at radius 2 is 1.90 bits per heavy atom. The molecule has 5 heteroatoms. The molecule has 0 aliphatic heterocycles. The summed E-state index contributed by atoms with van der Waals surface area (Å²) < 4.78 is 11.0. The van der Waals surface area contributed by atoms with Gasteiger partial charge in [0.1, 0.15) is 11.0 Å². The van der Waals surface area contributed by atoms with Gasteiger partial charge in [-0.25, -0.2) is 4.79 Å². The lowest BCUT2D eigenvalue weighted by Crippen LogP contribution is -2.28. The fourth-order valence-corrected chi connectivity index (χ4v) is 2.73. The predicted molar refractivity (Wildman–Crippen MR) is 77.9 cm³/mol. The van der Waals surface area contributed by atoms with Gasteiger partial charge in [0, 0.05) is 4.70 Å². The minimum absolute atomic E-state index is 0.387. The number of ether oxygens (including phenoxy) is 2. The zero-order chi connectivity index (χ0) is 14.7.